The zero-order valence-corrected chi connectivity index (χ0v) is 14.5. The average Bonchev–Trinajstić information content (AvgIpc) is 3.00. The Morgan fingerprint density at radius 3 is 3.20 bits per heavy atom. The van der Waals surface area contributed by atoms with Crippen LogP contribution in [-0.4, -0.2) is 52.2 Å². The lowest BCUT2D eigenvalue weighted by molar-refractivity contribution is -0.121. The number of aryl methyl sites for hydroxylation is 1. The summed E-state index contributed by atoms with van der Waals surface area (Å²) in [5.74, 6) is 0.831. The number of benzene rings is 1. The van der Waals surface area contributed by atoms with Gasteiger partial charge in [0, 0.05) is 12.7 Å². The van der Waals surface area contributed by atoms with Crippen LogP contribution in [0.5, 0.6) is 5.75 Å². The monoisotopic (exact) mass is 366 g/mol. The first kappa shape index (κ1) is 17.7. The zero-order chi connectivity index (χ0) is 17.6. The number of hydrogen-bond acceptors (Lipinski definition) is 6. The molecule has 0 radical (unpaired) electrons. The molecule has 2 aromatic rings. The molecule has 0 aliphatic carbocycles. The number of nitrogens with zero attached hydrogens (tertiary/aromatic N) is 2. The third kappa shape index (κ3) is 5.17. The van der Waals surface area contributed by atoms with Gasteiger partial charge in [0.2, 0.25) is 11.1 Å². The maximum atomic E-state index is 13.3. The van der Waals surface area contributed by atoms with Crippen LogP contribution in [-0.2, 0) is 9.53 Å². The van der Waals surface area contributed by atoms with Gasteiger partial charge in [-0.05, 0) is 25.5 Å². The number of thioether (sulfide) groups is 1. The van der Waals surface area contributed by atoms with Gasteiger partial charge in [-0.2, -0.15) is 0 Å². The number of H-pyrrole nitrogens is 1. The minimum atomic E-state index is -0.368. The van der Waals surface area contributed by atoms with E-state index in [0.29, 0.717) is 36.4 Å². The molecule has 3 rings (SSSR count). The molecule has 134 valence electrons. The quantitative estimate of drug-likeness (QED) is 0.757. The first-order chi connectivity index (χ1) is 12.1. The fourth-order valence-corrected chi connectivity index (χ4v) is 3.13. The van der Waals surface area contributed by atoms with Crippen LogP contribution in [0, 0.1) is 12.7 Å². The molecule has 2 N–H and O–H groups in total. The third-order valence-corrected chi connectivity index (χ3v) is 4.49. The number of hydrogen-bond donors (Lipinski definition) is 2. The van der Waals surface area contributed by atoms with Crippen molar-refractivity contribution in [2.45, 2.75) is 30.6 Å². The van der Waals surface area contributed by atoms with Gasteiger partial charge >= 0.3 is 0 Å². The molecule has 1 aliphatic heterocycles. The predicted molar refractivity (Wildman–Crippen MR) is 90.0 cm³/mol. The number of aromatic amines is 1. The molecule has 7 nitrogen and oxygen atoms in total. The van der Waals surface area contributed by atoms with Crippen molar-refractivity contribution < 1.29 is 18.7 Å². The third-order valence-electron chi connectivity index (χ3n) is 3.64. The van der Waals surface area contributed by atoms with Gasteiger partial charge in [0.15, 0.2) is 0 Å². The summed E-state index contributed by atoms with van der Waals surface area (Å²) < 4.78 is 24.5. The highest BCUT2D eigenvalue weighted by atomic mass is 32.2. The molecular weight excluding hydrogens is 347 g/mol. The van der Waals surface area contributed by atoms with Gasteiger partial charge in [-0.1, -0.05) is 17.8 Å². The molecule has 0 bridgehead atoms. The van der Waals surface area contributed by atoms with Gasteiger partial charge in [-0.25, -0.2) is 9.37 Å². The summed E-state index contributed by atoms with van der Waals surface area (Å²) in [5.41, 5.74) is 0. The van der Waals surface area contributed by atoms with E-state index in [4.69, 9.17) is 9.47 Å². The van der Waals surface area contributed by atoms with Crippen LogP contribution in [0.1, 0.15) is 12.2 Å². The molecule has 1 aromatic heterocycles. The second-order valence-corrected chi connectivity index (χ2v) is 6.59. The number of halogens is 1. The summed E-state index contributed by atoms with van der Waals surface area (Å²) in [6, 6.07) is 5.73. The number of amides is 1. The molecule has 0 saturated carbocycles. The predicted octanol–water partition coefficient (Wildman–Crippen LogP) is 1.70. The van der Waals surface area contributed by atoms with Crippen molar-refractivity contribution in [3.05, 3.63) is 35.9 Å². The summed E-state index contributed by atoms with van der Waals surface area (Å²) in [6.45, 7) is 2.68. The van der Waals surface area contributed by atoms with E-state index in [-0.39, 0.29) is 29.6 Å². The lowest BCUT2D eigenvalue weighted by Gasteiger charge is -2.32. The van der Waals surface area contributed by atoms with E-state index in [1.54, 1.807) is 19.1 Å². The van der Waals surface area contributed by atoms with Crippen molar-refractivity contribution in [1.29, 1.82) is 0 Å². The van der Waals surface area contributed by atoms with Crippen LogP contribution in [0.25, 0.3) is 0 Å². The zero-order valence-electron chi connectivity index (χ0n) is 13.7. The number of nitrogens with one attached hydrogen (secondary N) is 2. The molecule has 1 amide bonds. The molecule has 2 atom stereocenters. The van der Waals surface area contributed by atoms with E-state index in [1.807, 2.05) is 0 Å². The Morgan fingerprint density at radius 1 is 1.56 bits per heavy atom. The smallest absolute Gasteiger partial charge is 0.230 e. The molecule has 1 aromatic carbocycles. The summed E-state index contributed by atoms with van der Waals surface area (Å²) >= 11 is 1.26. The molecular formula is C16H19FN4O3S. The van der Waals surface area contributed by atoms with E-state index in [1.165, 1.54) is 23.9 Å². The van der Waals surface area contributed by atoms with Crippen LogP contribution in [0.3, 0.4) is 0 Å². The normalized spacial score (nSPS) is 20.2. The Labute approximate surface area is 148 Å². The Kier molecular flexibility index (Phi) is 5.87. The minimum Gasteiger partial charge on any atom is -0.486 e. The maximum Gasteiger partial charge on any atom is 0.230 e. The Hall–Kier alpha value is -2.13. The van der Waals surface area contributed by atoms with E-state index in [2.05, 4.69) is 20.5 Å². The van der Waals surface area contributed by atoms with Crippen LogP contribution < -0.4 is 10.1 Å². The van der Waals surface area contributed by atoms with Gasteiger partial charge in [0.05, 0.1) is 18.4 Å². The van der Waals surface area contributed by atoms with Gasteiger partial charge in [0.25, 0.3) is 0 Å². The summed E-state index contributed by atoms with van der Waals surface area (Å²) in [7, 11) is 0. The van der Waals surface area contributed by atoms with Gasteiger partial charge in [-0.15, -0.1) is 5.10 Å². The lowest BCUT2D eigenvalue weighted by atomic mass is 10.1. The molecule has 1 aliphatic rings. The first-order valence-electron chi connectivity index (χ1n) is 7.91. The highest BCUT2D eigenvalue weighted by molar-refractivity contribution is 7.99. The van der Waals surface area contributed by atoms with E-state index in [0.717, 1.165) is 0 Å². The molecule has 1 saturated heterocycles. The van der Waals surface area contributed by atoms with Crippen molar-refractivity contribution >= 4 is 17.7 Å². The van der Waals surface area contributed by atoms with Crippen LogP contribution in [0.15, 0.2) is 29.4 Å². The van der Waals surface area contributed by atoms with Crippen molar-refractivity contribution in [2.75, 3.05) is 19.0 Å². The maximum absolute atomic E-state index is 13.3. The van der Waals surface area contributed by atoms with E-state index >= 15 is 0 Å². The second-order valence-electron chi connectivity index (χ2n) is 5.64. The summed E-state index contributed by atoms with van der Waals surface area (Å²) in [6.07, 6.45) is 0.270. The fourth-order valence-electron chi connectivity index (χ4n) is 2.47. The standard InChI is InChI=1S/C16H19FN4O3S/c1-10-18-16(21-20-10)25-9-15(22)19-13-5-6-23-8-14(13)24-12-4-2-3-11(17)7-12/h2-4,7,13-14H,5-6,8-9H2,1H3,(H,19,22)(H,18,20,21)/t13-,14-/m1/s1. The van der Waals surface area contributed by atoms with Crippen LogP contribution >= 0.6 is 11.8 Å². The minimum absolute atomic E-state index is 0.132. The molecule has 25 heavy (non-hydrogen) atoms. The van der Waals surface area contributed by atoms with Gasteiger partial charge in [0.1, 0.15) is 23.5 Å². The number of carbonyl (C=O) groups is 1. The van der Waals surface area contributed by atoms with Crippen molar-refractivity contribution in [3.8, 4) is 5.75 Å². The molecule has 2 heterocycles. The van der Waals surface area contributed by atoms with Crippen molar-refractivity contribution in [1.82, 2.24) is 20.5 Å². The van der Waals surface area contributed by atoms with Gasteiger partial charge in [-0.3, -0.25) is 9.89 Å². The van der Waals surface area contributed by atoms with Gasteiger partial charge < -0.3 is 14.8 Å². The van der Waals surface area contributed by atoms with E-state index in [9.17, 15) is 9.18 Å². The second kappa shape index (κ2) is 8.30. The fraction of sp³-hybridized carbons (Fsp3) is 0.438. The van der Waals surface area contributed by atoms with Crippen molar-refractivity contribution in [3.63, 3.8) is 0 Å². The van der Waals surface area contributed by atoms with E-state index < -0.39 is 0 Å². The topological polar surface area (TPSA) is 89.1 Å². The Morgan fingerprint density at radius 2 is 2.44 bits per heavy atom. The largest absolute Gasteiger partial charge is 0.486 e. The number of aromatic nitrogens is 3. The lowest BCUT2D eigenvalue weighted by Crippen LogP contribution is -2.51. The number of rotatable bonds is 6. The summed E-state index contributed by atoms with van der Waals surface area (Å²) in [4.78, 5) is 16.3. The SMILES string of the molecule is Cc1nc(SCC(=O)N[C@@H]2CCOC[C@H]2Oc2cccc(F)c2)n[nH]1. The molecule has 0 unspecified atom stereocenters. The molecule has 9 heteroatoms. The Bertz CT molecular complexity index is 727. The average molecular weight is 366 g/mol. The van der Waals surface area contributed by atoms with Crippen LogP contribution in [0.4, 0.5) is 4.39 Å². The molecule has 0 spiro atoms. The number of ether oxygens (including phenoxy) is 2. The van der Waals surface area contributed by atoms with Crippen LogP contribution in [0.2, 0.25) is 0 Å². The number of carbonyl (C=O) groups excluding carboxylic acids is 1. The Balaban J connectivity index is 1.54. The first-order valence-corrected chi connectivity index (χ1v) is 8.90. The summed E-state index contributed by atoms with van der Waals surface area (Å²) in [5, 5.41) is 10.2. The van der Waals surface area contributed by atoms with Crippen molar-refractivity contribution in [2.24, 2.45) is 0 Å². The highest BCUT2D eigenvalue weighted by Gasteiger charge is 2.29. The highest BCUT2D eigenvalue weighted by Crippen LogP contribution is 2.19. The molecule has 1 fully saturated rings.